The highest BCUT2D eigenvalue weighted by Gasteiger charge is 2.22. The van der Waals surface area contributed by atoms with E-state index in [0.717, 1.165) is 31.2 Å². The summed E-state index contributed by atoms with van der Waals surface area (Å²) in [4.78, 5) is 13.8. The molecule has 0 spiro atoms. The first kappa shape index (κ1) is 18.4. The molecule has 0 atom stereocenters. The van der Waals surface area contributed by atoms with Gasteiger partial charge in [0.2, 0.25) is 0 Å². The molecule has 1 aliphatic rings. The molecule has 1 amide bonds. The molecule has 2 N–H and O–H groups in total. The van der Waals surface area contributed by atoms with Gasteiger partial charge >= 0.3 is 0 Å². The van der Waals surface area contributed by atoms with Crippen molar-refractivity contribution in [1.29, 1.82) is 5.26 Å². The van der Waals surface area contributed by atoms with Gasteiger partial charge in [0.15, 0.2) is 5.11 Å². The molecule has 134 valence electrons. The number of carbonyl (C=O) groups is 1. The maximum Gasteiger partial charge on any atom is 0.261 e. The Morgan fingerprint density at radius 1 is 1.35 bits per heavy atom. The first-order valence-corrected chi connectivity index (χ1v) is 9.75. The summed E-state index contributed by atoms with van der Waals surface area (Å²) < 4.78 is 5.48. The van der Waals surface area contributed by atoms with Crippen LogP contribution in [0.3, 0.4) is 0 Å². The third-order valence-corrected chi connectivity index (χ3v) is 5.58. The summed E-state index contributed by atoms with van der Waals surface area (Å²) in [5.74, 6) is 0.172. The number of fused-ring (bicyclic) bond motifs is 1. The van der Waals surface area contributed by atoms with E-state index in [4.69, 9.17) is 17.0 Å². The van der Waals surface area contributed by atoms with Gasteiger partial charge in [0.05, 0.1) is 17.7 Å². The van der Waals surface area contributed by atoms with Crippen LogP contribution in [0.1, 0.15) is 46.1 Å². The standard InChI is InChI=1S/C19H19N3O2S2/c1-2-24-15-9-5-3-8-13(15)17(23)21-19(25)22-18-14(11-20)12-7-4-6-10-16(12)26-18/h3,5,8-9H,2,4,6-7,10H2,1H3,(H2,21,22,23,25). The number of thiophene rings is 1. The van der Waals surface area contributed by atoms with Gasteiger partial charge in [-0.15, -0.1) is 11.3 Å². The lowest BCUT2D eigenvalue weighted by Gasteiger charge is -2.12. The summed E-state index contributed by atoms with van der Waals surface area (Å²) in [6.45, 7) is 2.34. The lowest BCUT2D eigenvalue weighted by molar-refractivity contribution is 0.0974. The Morgan fingerprint density at radius 3 is 2.88 bits per heavy atom. The Bertz CT molecular complexity index is 883. The van der Waals surface area contributed by atoms with Gasteiger partial charge in [0, 0.05) is 4.88 Å². The zero-order valence-electron chi connectivity index (χ0n) is 14.4. The van der Waals surface area contributed by atoms with E-state index in [2.05, 4.69) is 16.7 Å². The van der Waals surface area contributed by atoms with Crippen molar-refractivity contribution >= 4 is 39.6 Å². The number of ether oxygens (including phenoxy) is 1. The largest absolute Gasteiger partial charge is 0.493 e. The van der Waals surface area contributed by atoms with Crippen LogP contribution in [-0.2, 0) is 12.8 Å². The summed E-state index contributed by atoms with van der Waals surface area (Å²) in [6.07, 6.45) is 4.18. The molecule has 2 aromatic rings. The monoisotopic (exact) mass is 385 g/mol. The molecule has 1 aliphatic carbocycles. The molecular formula is C19H19N3O2S2. The smallest absolute Gasteiger partial charge is 0.261 e. The SMILES string of the molecule is CCOc1ccccc1C(=O)NC(=S)Nc1sc2c(c1C#N)CCCC2. The predicted molar refractivity (Wildman–Crippen MR) is 107 cm³/mol. The number of aryl methyl sites for hydroxylation is 1. The number of nitrogens with zero attached hydrogens (tertiary/aromatic N) is 1. The molecular weight excluding hydrogens is 366 g/mol. The minimum absolute atomic E-state index is 0.177. The van der Waals surface area contributed by atoms with Crippen LogP contribution in [0.5, 0.6) is 5.75 Å². The molecule has 3 rings (SSSR count). The number of hydrogen-bond acceptors (Lipinski definition) is 5. The molecule has 26 heavy (non-hydrogen) atoms. The van der Waals surface area contributed by atoms with Crippen molar-refractivity contribution in [1.82, 2.24) is 5.32 Å². The molecule has 1 heterocycles. The minimum Gasteiger partial charge on any atom is -0.493 e. The molecule has 0 fully saturated rings. The number of hydrogen-bond donors (Lipinski definition) is 2. The lowest BCUT2D eigenvalue weighted by Crippen LogP contribution is -2.34. The molecule has 0 aliphatic heterocycles. The summed E-state index contributed by atoms with van der Waals surface area (Å²) in [5, 5.41) is 16.1. The molecule has 5 nitrogen and oxygen atoms in total. The highest BCUT2D eigenvalue weighted by Crippen LogP contribution is 2.37. The van der Waals surface area contributed by atoms with Crippen molar-refractivity contribution in [2.45, 2.75) is 32.6 Å². The number of nitriles is 1. The topological polar surface area (TPSA) is 74.2 Å². The normalized spacial score (nSPS) is 12.6. The van der Waals surface area contributed by atoms with E-state index in [1.807, 2.05) is 13.0 Å². The highest BCUT2D eigenvalue weighted by atomic mass is 32.1. The van der Waals surface area contributed by atoms with E-state index in [1.165, 1.54) is 4.88 Å². The second-order valence-corrected chi connectivity index (χ2v) is 7.38. The average Bonchev–Trinajstić information content (AvgIpc) is 2.99. The van der Waals surface area contributed by atoms with E-state index in [1.54, 1.807) is 29.5 Å². The predicted octanol–water partition coefficient (Wildman–Crippen LogP) is 4.02. The van der Waals surface area contributed by atoms with E-state index >= 15 is 0 Å². The van der Waals surface area contributed by atoms with Crippen LogP contribution in [0.4, 0.5) is 5.00 Å². The van der Waals surface area contributed by atoms with Crippen molar-refractivity contribution in [3.8, 4) is 11.8 Å². The Balaban J connectivity index is 1.73. The van der Waals surface area contributed by atoms with Crippen molar-refractivity contribution < 1.29 is 9.53 Å². The van der Waals surface area contributed by atoms with E-state index in [9.17, 15) is 10.1 Å². The van der Waals surface area contributed by atoms with Crippen LogP contribution in [0.25, 0.3) is 0 Å². The fraction of sp³-hybridized carbons (Fsp3) is 0.316. The second kappa shape index (κ2) is 8.30. The average molecular weight is 386 g/mol. The van der Waals surface area contributed by atoms with Crippen LogP contribution in [-0.4, -0.2) is 17.6 Å². The van der Waals surface area contributed by atoms with E-state index < -0.39 is 0 Å². The van der Waals surface area contributed by atoms with Crippen LogP contribution in [0, 0.1) is 11.3 Å². The molecule has 0 saturated carbocycles. The summed E-state index contributed by atoms with van der Waals surface area (Å²) in [6, 6.07) is 9.30. The van der Waals surface area contributed by atoms with Gasteiger partial charge in [-0.1, -0.05) is 12.1 Å². The summed E-state index contributed by atoms with van der Waals surface area (Å²) >= 11 is 6.83. The fourth-order valence-electron chi connectivity index (χ4n) is 3.01. The molecule has 0 unspecified atom stereocenters. The lowest BCUT2D eigenvalue weighted by atomic mass is 9.96. The number of nitrogens with one attached hydrogen (secondary N) is 2. The van der Waals surface area contributed by atoms with Crippen LogP contribution >= 0.6 is 23.6 Å². The maximum atomic E-state index is 12.5. The van der Waals surface area contributed by atoms with Crippen LogP contribution < -0.4 is 15.4 Å². The molecule has 0 saturated heterocycles. The second-order valence-electron chi connectivity index (χ2n) is 5.86. The van der Waals surface area contributed by atoms with E-state index in [-0.39, 0.29) is 11.0 Å². The van der Waals surface area contributed by atoms with E-state index in [0.29, 0.717) is 28.5 Å². The fourth-order valence-corrected chi connectivity index (χ4v) is 4.52. The van der Waals surface area contributed by atoms with Gasteiger partial charge in [0.25, 0.3) is 5.91 Å². The maximum absolute atomic E-state index is 12.5. The van der Waals surface area contributed by atoms with Gasteiger partial charge in [0.1, 0.15) is 16.8 Å². The first-order valence-electron chi connectivity index (χ1n) is 8.52. The molecule has 0 radical (unpaired) electrons. The number of anilines is 1. The quantitative estimate of drug-likeness (QED) is 0.778. The third-order valence-electron chi connectivity index (χ3n) is 4.17. The first-order chi connectivity index (χ1) is 12.6. The number of para-hydroxylation sites is 1. The minimum atomic E-state index is -0.341. The van der Waals surface area contributed by atoms with Gasteiger partial charge in [-0.3, -0.25) is 10.1 Å². The van der Waals surface area contributed by atoms with Gasteiger partial charge in [-0.2, -0.15) is 5.26 Å². The summed E-state index contributed by atoms with van der Waals surface area (Å²) in [7, 11) is 0. The van der Waals surface area contributed by atoms with Crippen molar-refractivity contribution in [3.05, 3.63) is 45.8 Å². The number of benzene rings is 1. The third kappa shape index (κ3) is 3.87. The van der Waals surface area contributed by atoms with Crippen LogP contribution in [0.2, 0.25) is 0 Å². The number of thiocarbonyl (C=S) groups is 1. The molecule has 7 heteroatoms. The van der Waals surface area contributed by atoms with Gasteiger partial charge in [-0.05, 0) is 62.5 Å². The number of carbonyl (C=O) groups excluding carboxylic acids is 1. The van der Waals surface area contributed by atoms with Crippen LogP contribution in [0.15, 0.2) is 24.3 Å². The van der Waals surface area contributed by atoms with Crippen molar-refractivity contribution in [2.24, 2.45) is 0 Å². The molecule has 1 aromatic heterocycles. The number of rotatable bonds is 4. The molecule has 1 aromatic carbocycles. The summed E-state index contributed by atoms with van der Waals surface area (Å²) in [5.41, 5.74) is 2.20. The zero-order chi connectivity index (χ0) is 18.5. The number of amides is 1. The molecule has 0 bridgehead atoms. The van der Waals surface area contributed by atoms with Crippen molar-refractivity contribution in [2.75, 3.05) is 11.9 Å². The Kier molecular flexibility index (Phi) is 5.86. The van der Waals surface area contributed by atoms with Crippen molar-refractivity contribution in [3.63, 3.8) is 0 Å². The van der Waals surface area contributed by atoms with Gasteiger partial charge in [-0.25, -0.2) is 0 Å². The Morgan fingerprint density at radius 2 is 2.12 bits per heavy atom. The Labute approximate surface area is 162 Å². The zero-order valence-corrected chi connectivity index (χ0v) is 16.1. The van der Waals surface area contributed by atoms with Gasteiger partial charge < -0.3 is 10.1 Å². The highest BCUT2D eigenvalue weighted by molar-refractivity contribution is 7.80. The Hall–Kier alpha value is -2.43.